The Kier molecular flexibility index (Phi) is 4.27. The Morgan fingerprint density at radius 2 is 2.06 bits per heavy atom. The Morgan fingerprint density at radius 3 is 2.61 bits per heavy atom. The second kappa shape index (κ2) is 5.74. The smallest absolute Gasteiger partial charge is 0.0748 e. The minimum absolute atomic E-state index is 0.0669. The van der Waals surface area contributed by atoms with Crippen LogP contribution in [0.5, 0.6) is 0 Å². The average molecular weight is 284 g/mol. The Bertz CT molecular complexity index is 537. The first-order valence-electron chi connectivity index (χ1n) is 5.79. The van der Waals surface area contributed by atoms with Crippen LogP contribution in [0.4, 0.5) is 0 Å². The van der Waals surface area contributed by atoms with Crippen LogP contribution in [0.15, 0.2) is 30.5 Å². The number of rotatable bonds is 4. The monoisotopic (exact) mass is 283 g/mol. The molecular weight excluding hydrogens is 269 g/mol. The molecule has 0 aliphatic carbocycles. The molecule has 0 aliphatic rings. The van der Waals surface area contributed by atoms with Crippen molar-refractivity contribution in [2.45, 2.75) is 13.0 Å². The molecule has 0 bridgehead atoms. The van der Waals surface area contributed by atoms with Crippen molar-refractivity contribution in [3.8, 4) is 0 Å². The average Bonchev–Trinajstić information content (AvgIpc) is 2.76. The lowest BCUT2D eigenvalue weighted by Gasteiger charge is -2.19. The highest BCUT2D eigenvalue weighted by Gasteiger charge is 2.17. The van der Waals surface area contributed by atoms with Crippen LogP contribution in [0, 0.1) is 0 Å². The van der Waals surface area contributed by atoms with E-state index in [0.717, 1.165) is 17.8 Å². The van der Waals surface area contributed by atoms with Crippen molar-refractivity contribution < 1.29 is 0 Å². The van der Waals surface area contributed by atoms with Crippen LogP contribution in [-0.4, -0.2) is 16.3 Å². The maximum atomic E-state index is 6.08. The first kappa shape index (κ1) is 13.4. The van der Waals surface area contributed by atoms with Gasteiger partial charge in [-0.15, -0.1) is 0 Å². The quantitative estimate of drug-likeness (QED) is 0.932. The van der Waals surface area contributed by atoms with Gasteiger partial charge < -0.3 is 5.32 Å². The summed E-state index contributed by atoms with van der Waals surface area (Å²) in [6, 6.07) is 7.76. The van der Waals surface area contributed by atoms with E-state index < -0.39 is 0 Å². The largest absolute Gasteiger partial charge is 0.305 e. The summed E-state index contributed by atoms with van der Waals surface area (Å²) in [6.45, 7) is 2.93. The van der Waals surface area contributed by atoms with Gasteiger partial charge in [0.05, 0.1) is 21.8 Å². The van der Waals surface area contributed by atoms with E-state index in [4.69, 9.17) is 23.2 Å². The fraction of sp³-hybridized carbons (Fsp3) is 0.308. The first-order valence-corrected chi connectivity index (χ1v) is 6.55. The van der Waals surface area contributed by atoms with E-state index in [2.05, 4.69) is 17.3 Å². The van der Waals surface area contributed by atoms with Crippen molar-refractivity contribution in [1.82, 2.24) is 15.1 Å². The molecule has 0 fully saturated rings. The van der Waals surface area contributed by atoms with Crippen LogP contribution in [0.3, 0.4) is 0 Å². The molecule has 0 aliphatic heterocycles. The molecule has 0 saturated heterocycles. The van der Waals surface area contributed by atoms with Crippen molar-refractivity contribution in [2.24, 2.45) is 7.05 Å². The van der Waals surface area contributed by atoms with Gasteiger partial charge in [-0.05, 0) is 30.3 Å². The predicted molar refractivity (Wildman–Crippen MR) is 75.2 cm³/mol. The lowest BCUT2D eigenvalue weighted by Crippen LogP contribution is -2.24. The van der Waals surface area contributed by atoms with Gasteiger partial charge in [0.25, 0.3) is 0 Å². The van der Waals surface area contributed by atoms with Gasteiger partial charge in [-0.3, -0.25) is 4.68 Å². The number of hydrogen-bond acceptors (Lipinski definition) is 2. The third kappa shape index (κ3) is 2.69. The highest BCUT2D eigenvalue weighted by molar-refractivity contribution is 6.42. The summed E-state index contributed by atoms with van der Waals surface area (Å²) in [6.07, 6.45) is 1.79. The molecular formula is C13H15Cl2N3. The SMILES string of the molecule is CCNC(c1ccc(Cl)c(Cl)c1)c1ccnn1C. The van der Waals surface area contributed by atoms with Gasteiger partial charge in [-0.2, -0.15) is 5.10 Å². The number of nitrogens with one attached hydrogen (secondary N) is 1. The summed E-state index contributed by atoms with van der Waals surface area (Å²) >= 11 is 12.0. The van der Waals surface area contributed by atoms with Crippen molar-refractivity contribution in [3.63, 3.8) is 0 Å². The molecule has 2 rings (SSSR count). The topological polar surface area (TPSA) is 29.9 Å². The molecule has 3 nitrogen and oxygen atoms in total. The van der Waals surface area contributed by atoms with E-state index in [-0.39, 0.29) is 6.04 Å². The predicted octanol–water partition coefficient (Wildman–Crippen LogP) is 3.43. The minimum Gasteiger partial charge on any atom is -0.305 e. The molecule has 1 aromatic carbocycles. The van der Waals surface area contributed by atoms with Gasteiger partial charge in [0.1, 0.15) is 0 Å². The molecule has 1 atom stereocenters. The Balaban J connectivity index is 2.41. The van der Waals surface area contributed by atoms with Gasteiger partial charge in [-0.25, -0.2) is 0 Å². The molecule has 0 amide bonds. The molecule has 2 aromatic rings. The molecule has 1 unspecified atom stereocenters. The third-order valence-electron chi connectivity index (χ3n) is 2.84. The minimum atomic E-state index is 0.0669. The maximum absolute atomic E-state index is 6.08. The molecule has 18 heavy (non-hydrogen) atoms. The van der Waals surface area contributed by atoms with Crippen molar-refractivity contribution >= 4 is 23.2 Å². The highest BCUT2D eigenvalue weighted by atomic mass is 35.5. The first-order chi connectivity index (χ1) is 8.63. The van der Waals surface area contributed by atoms with Crippen LogP contribution in [0.25, 0.3) is 0 Å². The summed E-state index contributed by atoms with van der Waals surface area (Å²) in [5, 5.41) is 8.77. The van der Waals surface area contributed by atoms with Crippen molar-refractivity contribution in [1.29, 1.82) is 0 Å². The van der Waals surface area contributed by atoms with Gasteiger partial charge in [-0.1, -0.05) is 36.2 Å². The zero-order chi connectivity index (χ0) is 13.1. The number of benzene rings is 1. The molecule has 0 saturated carbocycles. The Hall–Kier alpha value is -1.03. The van der Waals surface area contributed by atoms with Crippen LogP contribution in [0.1, 0.15) is 24.2 Å². The summed E-state index contributed by atoms with van der Waals surface area (Å²) in [4.78, 5) is 0. The second-order valence-electron chi connectivity index (χ2n) is 4.04. The number of halogens is 2. The maximum Gasteiger partial charge on any atom is 0.0748 e. The van der Waals surface area contributed by atoms with Crippen molar-refractivity contribution in [2.75, 3.05) is 6.54 Å². The zero-order valence-corrected chi connectivity index (χ0v) is 11.8. The fourth-order valence-electron chi connectivity index (χ4n) is 1.96. The van der Waals surface area contributed by atoms with E-state index in [9.17, 15) is 0 Å². The van der Waals surface area contributed by atoms with Gasteiger partial charge in [0, 0.05) is 13.2 Å². The molecule has 1 heterocycles. The lowest BCUT2D eigenvalue weighted by molar-refractivity contribution is 0.573. The van der Waals surface area contributed by atoms with E-state index in [1.165, 1.54) is 0 Å². The van der Waals surface area contributed by atoms with E-state index in [1.807, 2.05) is 36.0 Å². The molecule has 0 radical (unpaired) electrons. The van der Waals surface area contributed by atoms with Crippen LogP contribution < -0.4 is 5.32 Å². The number of aromatic nitrogens is 2. The molecule has 5 heteroatoms. The van der Waals surface area contributed by atoms with Gasteiger partial charge in [0.2, 0.25) is 0 Å². The lowest BCUT2D eigenvalue weighted by atomic mass is 10.0. The summed E-state index contributed by atoms with van der Waals surface area (Å²) in [5.74, 6) is 0. The zero-order valence-electron chi connectivity index (χ0n) is 10.3. The fourth-order valence-corrected chi connectivity index (χ4v) is 2.26. The van der Waals surface area contributed by atoms with Gasteiger partial charge >= 0.3 is 0 Å². The standard InChI is InChI=1S/C13H15Cl2N3/c1-3-16-13(12-6-7-17-18(12)2)9-4-5-10(14)11(15)8-9/h4-8,13,16H,3H2,1-2H3. The van der Waals surface area contributed by atoms with E-state index >= 15 is 0 Å². The highest BCUT2D eigenvalue weighted by Crippen LogP contribution is 2.28. The number of nitrogens with zero attached hydrogens (tertiary/aromatic N) is 2. The normalized spacial score (nSPS) is 12.7. The van der Waals surface area contributed by atoms with Gasteiger partial charge in [0.15, 0.2) is 0 Å². The third-order valence-corrected chi connectivity index (χ3v) is 3.58. The molecule has 96 valence electrons. The van der Waals surface area contributed by atoms with Crippen LogP contribution >= 0.6 is 23.2 Å². The number of hydrogen-bond donors (Lipinski definition) is 1. The summed E-state index contributed by atoms with van der Waals surface area (Å²) in [7, 11) is 1.93. The van der Waals surface area contributed by atoms with Crippen molar-refractivity contribution in [3.05, 3.63) is 51.8 Å². The molecule has 1 aromatic heterocycles. The van der Waals surface area contributed by atoms with Crippen LogP contribution in [-0.2, 0) is 7.05 Å². The van der Waals surface area contributed by atoms with E-state index in [0.29, 0.717) is 10.0 Å². The van der Waals surface area contributed by atoms with E-state index in [1.54, 1.807) is 6.20 Å². The van der Waals surface area contributed by atoms with Crippen LogP contribution in [0.2, 0.25) is 10.0 Å². The Morgan fingerprint density at radius 1 is 1.28 bits per heavy atom. The number of aryl methyl sites for hydroxylation is 1. The molecule has 1 N–H and O–H groups in total. The Labute approximate surface area is 117 Å². The second-order valence-corrected chi connectivity index (χ2v) is 4.86. The summed E-state index contributed by atoms with van der Waals surface area (Å²) < 4.78 is 1.86. The molecule has 0 spiro atoms. The summed E-state index contributed by atoms with van der Waals surface area (Å²) in [5.41, 5.74) is 2.17.